The first-order chi connectivity index (χ1) is 8.31. The normalized spacial score (nSPS) is 39.0. The van der Waals surface area contributed by atoms with Crippen LogP contribution in [0.1, 0.15) is 45.4 Å². The number of rotatable bonds is 5. The Bertz CT molecular complexity index is 249. The highest BCUT2D eigenvalue weighted by Crippen LogP contribution is 2.32. The Kier molecular flexibility index (Phi) is 3.72. The van der Waals surface area contributed by atoms with Crippen LogP contribution in [0.5, 0.6) is 0 Å². The molecule has 3 fully saturated rings. The van der Waals surface area contributed by atoms with Gasteiger partial charge < -0.3 is 10.2 Å². The first-order valence-corrected chi connectivity index (χ1v) is 7.77. The number of hydrogen-bond donors (Lipinski definition) is 1. The van der Waals surface area contributed by atoms with E-state index in [1.165, 1.54) is 64.7 Å². The monoisotopic (exact) mass is 236 g/mol. The van der Waals surface area contributed by atoms with Crippen LogP contribution < -0.4 is 5.32 Å². The third kappa shape index (κ3) is 3.23. The van der Waals surface area contributed by atoms with Gasteiger partial charge in [0.25, 0.3) is 0 Å². The van der Waals surface area contributed by atoms with E-state index in [0.717, 1.165) is 23.8 Å². The van der Waals surface area contributed by atoms with Crippen molar-refractivity contribution in [3.8, 4) is 0 Å². The fraction of sp³-hybridized carbons (Fsp3) is 1.00. The van der Waals surface area contributed by atoms with Gasteiger partial charge in [-0.3, -0.25) is 0 Å². The smallest absolute Gasteiger partial charge is 0.00683 e. The maximum absolute atomic E-state index is 3.69. The topological polar surface area (TPSA) is 15.3 Å². The molecule has 2 saturated carbocycles. The van der Waals surface area contributed by atoms with Gasteiger partial charge in [0.1, 0.15) is 0 Å². The lowest BCUT2D eigenvalue weighted by Gasteiger charge is -2.23. The highest BCUT2D eigenvalue weighted by atomic mass is 15.2. The van der Waals surface area contributed by atoms with Crippen molar-refractivity contribution in [1.29, 1.82) is 0 Å². The lowest BCUT2D eigenvalue weighted by atomic mass is 9.98. The SMILES string of the molecule is CC1CCCC1CN1CCC(CNC2CC2)C1. The summed E-state index contributed by atoms with van der Waals surface area (Å²) in [6.45, 7) is 7.85. The molecule has 1 N–H and O–H groups in total. The summed E-state index contributed by atoms with van der Waals surface area (Å²) in [6.07, 6.45) is 8.73. The molecule has 17 heavy (non-hydrogen) atoms. The molecule has 2 nitrogen and oxygen atoms in total. The molecule has 98 valence electrons. The Labute approximate surface area is 106 Å². The van der Waals surface area contributed by atoms with Gasteiger partial charge in [-0.2, -0.15) is 0 Å². The molecular weight excluding hydrogens is 208 g/mol. The van der Waals surface area contributed by atoms with Gasteiger partial charge in [-0.25, -0.2) is 0 Å². The largest absolute Gasteiger partial charge is 0.314 e. The predicted molar refractivity (Wildman–Crippen MR) is 72.1 cm³/mol. The zero-order chi connectivity index (χ0) is 11.7. The molecule has 3 rings (SSSR count). The van der Waals surface area contributed by atoms with Crippen LogP contribution in [0.25, 0.3) is 0 Å². The van der Waals surface area contributed by atoms with Crippen molar-refractivity contribution < 1.29 is 0 Å². The van der Waals surface area contributed by atoms with E-state index in [4.69, 9.17) is 0 Å². The van der Waals surface area contributed by atoms with Crippen LogP contribution in [0.15, 0.2) is 0 Å². The Morgan fingerprint density at radius 1 is 1.12 bits per heavy atom. The molecule has 1 saturated heterocycles. The highest BCUT2D eigenvalue weighted by Gasteiger charge is 2.30. The molecule has 0 radical (unpaired) electrons. The third-order valence-corrected chi connectivity index (χ3v) is 5.17. The summed E-state index contributed by atoms with van der Waals surface area (Å²) in [7, 11) is 0. The molecule has 0 aromatic carbocycles. The quantitative estimate of drug-likeness (QED) is 0.789. The van der Waals surface area contributed by atoms with Crippen LogP contribution in [-0.2, 0) is 0 Å². The predicted octanol–water partition coefficient (Wildman–Crippen LogP) is 2.50. The Hall–Kier alpha value is -0.0800. The van der Waals surface area contributed by atoms with E-state index in [-0.39, 0.29) is 0 Å². The van der Waals surface area contributed by atoms with E-state index in [9.17, 15) is 0 Å². The van der Waals surface area contributed by atoms with Crippen LogP contribution >= 0.6 is 0 Å². The second kappa shape index (κ2) is 5.27. The van der Waals surface area contributed by atoms with Gasteiger partial charge >= 0.3 is 0 Å². The van der Waals surface area contributed by atoms with Gasteiger partial charge in [0.15, 0.2) is 0 Å². The molecule has 1 heterocycles. The van der Waals surface area contributed by atoms with Gasteiger partial charge in [-0.1, -0.05) is 19.8 Å². The number of likely N-dealkylation sites (tertiary alicyclic amines) is 1. The lowest BCUT2D eigenvalue weighted by Crippen LogP contribution is -2.31. The fourth-order valence-electron chi connectivity index (χ4n) is 3.69. The molecule has 0 aromatic rings. The van der Waals surface area contributed by atoms with Gasteiger partial charge in [0, 0.05) is 19.1 Å². The van der Waals surface area contributed by atoms with Crippen LogP contribution in [0, 0.1) is 17.8 Å². The van der Waals surface area contributed by atoms with Gasteiger partial charge in [0.2, 0.25) is 0 Å². The molecule has 2 heteroatoms. The summed E-state index contributed by atoms with van der Waals surface area (Å²) < 4.78 is 0. The molecular formula is C15H28N2. The summed E-state index contributed by atoms with van der Waals surface area (Å²) in [4.78, 5) is 2.74. The zero-order valence-corrected chi connectivity index (χ0v) is 11.3. The van der Waals surface area contributed by atoms with E-state index >= 15 is 0 Å². The lowest BCUT2D eigenvalue weighted by molar-refractivity contribution is 0.241. The van der Waals surface area contributed by atoms with Gasteiger partial charge in [0.05, 0.1) is 0 Å². The summed E-state index contributed by atoms with van der Waals surface area (Å²) in [5.74, 6) is 2.93. The second-order valence-corrected chi connectivity index (χ2v) is 6.77. The Balaban J connectivity index is 1.37. The number of nitrogens with one attached hydrogen (secondary N) is 1. The van der Waals surface area contributed by atoms with Crippen LogP contribution in [0.4, 0.5) is 0 Å². The highest BCUT2D eigenvalue weighted by molar-refractivity contribution is 4.86. The summed E-state index contributed by atoms with van der Waals surface area (Å²) in [6, 6.07) is 0.888. The van der Waals surface area contributed by atoms with E-state index in [0.29, 0.717) is 0 Å². The molecule has 3 aliphatic rings. The minimum absolute atomic E-state index is 0.888. The van der Waals surface area contributed by atoms with E-state index < -0.39 is 0 Å². The van der Waals surface area contributed by atoms with Crippen molar-refractivity contribution in [2.75, 3.05) is 26.2 Å². The summed E-state index contributed by atoms with van der Waals surface area (Å²) >= 11 is 0. The standard InChI is InChI=1S/C15H28N2/c1-12-3-2-4-14(12)11-17-8-7-13(10-17)9-16-15-5-6-15/h12-16H,2-11H2,1H3. The molecule has 3 unspecified atom stereocenters. The van der Waals surface area contributed by atoms with Crippen molar-refractivity contribution in [3.05, 3.63) is 0 Å². The molecule has 0 bridgehead atoms. The summed E-state index contributed by atoms with van der Waals surface area (Å²) in [5.41, 5.74) is 0. The Morgan fingerprint density at radius 2 is 2.00 bits per heavy atom. The van der Waals surface area contributed by atoms with Crippen LogP contribution in [0.3, 0.4) is 0 Å². The van der Waals surface area contributed by atoms with Crippen LogP contribution in [-0.4, -0.2) is 37.1 Å². The van der Waals surface area contributed by atoms with Crippen molar-refractivity contribution in [1.82, 2.24) is 10.2 Å². The van der Waals surface area contributed by atoms with Crippen molar-refractivity contribution in [3.63, 3.8) is 0 Å². The number of hydrogen-bond acceptors (Lipinski definition) is 2. The van der Waals surface area contributed by atoms with E-state index in [2.05, 4.69) is 17.1 Å². The van der Waals surface area contributed by atoms with Gasteiger partial charge in [-0.15, -0.1) is 0 Å². The molecule has 2 aliphatic carbocycles. The zero-order valence-electron chi connectivity index (χ0n) is 11.3. The van der Waals surface area contributed by atoms with Crippen LogP contribution in [0.2, 0.25) is 0 Å². The Morgan fingerprint density at radius 3 is 2.71 bits per heavy atom. The van der Waals surface area contributed by atoms with Crippen molar-refractivity contribution in [2.24, 2.45) is 17.8 Å². The molecule has 3 atom stereocenters. The van der Waals surface area contributed by atoms with Crippen molar-refractivity contribution >= 4 is 0 Å². The molecule has 0 spiro atoms. The second-order valence-electron chi connectivity index (χ2n) is 6.77. The minimum Gasteiger partial charge on any atom is -0.314 e. The average Bonchev–Trinajstić information content (AvgIpc) is 2.92. The maximum Gasteiger partial charge on any atom is 0.00683 e. The fourth-order valence-corrected chi connectivity index (χ4v) is 3.69. The molecule has 0 amide bonds. The molecule has 0 aromatic heterocycles. The number of nitrogens with zero attached hydrogens (tertiary/aromatic N) is 1. The molecule has 1 aliphatic heterocycles. The first kappa shape index (κ1) is 12.0. The average molecular weight is 236 g/mol. The summed E-state index contributed by atoms with van der Waals surface area (Å²) in [5, 5.41) is 3.69. The maximum atomic E-state index is 3.69. The van der Waals surface area contributed by atoms with E-state index in [1.54, 1.807) is 0 Å². The van der Waals surface area contributed by atoms with Crippen molar-refractivity contribution in [2.45, 2.75) is 51.5 Å². The third-order valence-electron chi connectivity index (χ3n) is 5.17. The van der Waals surface area contributed by atoms with Gasteiger partial charge in [-0.05, 0) is 56.5 Å². The first-order valence-electron chi connectivity index (χ1n) is 7.77. The van der Waals surface area contributed by atoms with E-state index in [1.807, 2.05) is 0 Å². The minimum atomic E-state index is 0.888.